The van der Waals surface area contributed by atoms with Crippen molar-refractivity contribution in [2.75, 3.05) is 19.0 Å². The molecule has 0 saturated carbocycles. The van der Waals surface area contributed by atoms with Gasteiger partial charge in [-0.05, 0) is 48.9 Å². The van der Waals surface area contributed by atoms with E-state index in [0.717, 1.165) is 29.7 Å². The minimum absolute atomic E-state index is 0.259. The van der Waals surface area contributed by atoms with Crippen molar-refractivity contribution in [3.05, 3.63) is 45.8 Å². The normalized spacial score (nSPS) is 12.8. The van der Waals surface area contributed by atoms with Crippen molar-refractivity contribution in [3.63, 3.8) is 0 Å². The highest BCUT2D eigenvalue weighted by molar-refractivity contribution is 7.17. The van der Waals surface area contributed by atoms with E-state index in [1.54, 1.807) is 18.2 Å². The average Bonchev–Trinajstić information content (AvgIpc) is 3.20. The van der Waals surface area contributed by atoms with Crippen LogP contribution in [0.3, 0.4) is 0 Å². The van der Waals surface area contributed by atoms with Crippen molar-refractivity contribution in [1.29, 1.82) is 0 Å². The molecule has 1 aromatic heterocycles. The van der Waals surface area contributed by atoms with Crippen LogP contribution in [0, 0.1) is 5.92 Å². The van der Waals surface area contributed by atoms with E-state index in [1.165, 1.54) is 18.4 Å². The number of hydrogen-bond acceptors (Lipinski definition) is 5. The lowest BCUT2D eigenvalue weighted by Gasteiger charge is -2.10. The van der Waals surface area contributed by atoms with Gasteiger partial charge in [0.05, 0.1) is 19.3 Å². The maximum atomic E-state index is 12.7. The van der Waals surface area contributed by atoms with Gasteiger partial charge in [0.2, 0.25) is 0 Å². The fraction of sp³-hybridized carbons (Fsp3) is 0.400. The number of carbonyl (C=O) groups is 2. The quantitative estimate of drug-likeness (QED) is 0.766. The molecule has 0 radical (unpaired) electrons. The molecule has 26 heavy (non-hydrogen) atoms. The lowest BCUT2D eigenvalue weighted by atomic mass is 10.1. The molecular formula is C20H23NO4S. The summed E-state index contributed by atoms with van der Waals surface area (Å²) < 4.78 is 10.6. The molecule has 5 nitrogen and oxygen atoms in total. The third-order valence-electron chi connectivity index (χ3n) is 4.22. The summed E-state index contributed by atoms with van der Waals surface area (Å²) in [6, 6.07) is 7.08. The fourth-order valence-electron chi connectivity index (χ4n) is 2.98. The zero-order valence-corrected chi connectivity index (χ0v) is 16.1. The van der Waals surface area contributed by atoms with Crippen LogP contribution in [-0.4, -0.2) is 25.6 Å². The van der Waals surface area contributed by atoms with Crippen LogP contribution in [0.25, 0.3) is 0 Å². The monoisotopic (exact) mass is 373 g/mol. The van der Waals surface area contributed by atoms with Gasteiger partial charge in [-0.15, -0.1) is 11.3 Å². The summed E-state index contributed by atoms with van der Waals surface area (Å²) >= 11 is 1.47. The van der Waals surface area contributed by atoms with Gasteiger partial charge in [-0.3, -0.25) is 4.79 Å². The molecule has 138 valence electrons. The first-order valence-corrected chi connectivity index (χ1v) is 9.58. The smallest absolute Gasteiger partial charge is 0.341 e. The van der Waals surface area contributed by atoms with Gasteiger partial charge in [-0.2, -0.15) is 0 Å². The Labute approximate surface area is 157 Å². The Hall–Kier alpha value is -2.34. The van der Waals surface area contributed by atoms with Crippen LogP contribution in [0.5, 0.6) is 5.75 Å². The van der Waals surface area contributed by atoms with Crippen molar-refractivity contribution in [2.24, 2.45) is 5.92 Å². The van der Waals surface area contributed by atoms with E-state index >= 15 is 0 Å². The van der Waals surface area contributed by atoms with Gasteiger partial charge in [0.1, 0.15) is 10.8 Å². The standard InChI is InChI=1S/C20H23NO4S/c1-12(2)11-25-14-7-4-6-13(10-14)18(22)21-19-17(20(23)24-3)15-8-5-9-16(15)26-19/h4,6-7,10,12H,5,8-9,11H2,1-3H3,(H,21,22). The summed E-state index contributed by atoms with van der Waals surface area (Å²) in [4.78, 5) is 26.0. The molecule has 0 atom stereocenters. The number of esters is 1. The van der Waals surface area contributed by atoms with Crippen molar-refractivity contribution in [1.82, 2.24) is 0 Å². The summed E-state index contributed by atoms with van der Waals surface area (Å²) in [6.07, 6.45) is 2.83. The van der Waals surface area contributed by atoms with Gasteiger partial charge in [0.25, 0.3) is 5.91 Å². The van der Waals surface area contributed by atoms with Crippen LogP contribution in [0.4, 0.5) is 5.00 Å². The zero-order valence-electron chi connectivity index (χ0n) is 15.3. The van der Waals surface area contributed by atoms with Crippen LogP contribution in [-0.2, 0) is 17.6 Å². The third-order valence-corrected chi connectivity index (χ3v) is 5.42. The minimum Gasteiger partial charge on any atom is -0.493 e. The van der Waals surface area contributed by atoms with Gasteiger partial charge >= 0.3 is 5.97 Å². The fourth-order valence-corrected chi connectivity index (χ4v) is 4.25. The number of thiophene rings is 1. The summed E-state index contributed by atoms with van der Waals surface area (Å²) in [6.45, 7) is 4.73. The second-order valence-electron chi connectivity index (χ2n) is 6.74. The number of nitrogens with one attached hydrogen (secondary N) is 1. The highest BCUT2D eigenvalue weighted by Crippen LogP contribution is 2.39. The summed E-state index contributed by atoms with van der Waals surface area (Å²) in [5.41, 5.74) is 2.02. The molecule has 1 aliphatic rings. The Morgan fingerprint density at radius 3 is 2.81 bits per heavy atom. The minimum atomic E-state index is -0.395. The molecule has 1 heterocycles. The number of rotatable bonds is 6. The van der Waals surface area contributed by atoms with Crippen molar-refractivity contribution in [3.8, 4) is 5.75 Å². The van der Waals surface area contributed by atoms with Crippen LogP contribution in [0.1, 0.15) is 51.4 Å². The van der Waals surface area contributed by atoms with Crippen molar-refractivity contribution < 1.29 is 19.1 Å². The molecule has 0 fully saturated rings. The van der Waals surface area contributed by atoms with Gasteiger partial charge < -0.3 is 14.8 Å². The lowest BCUT2D eigenvalue weighted by molar-refractivity contribution is 0.0601. The van der Waals surface area contributed by atoms with Gasteiger partial charge in [0.15, 0.2) is 0 Å². The maximum Gasteiger partial charge on any atom is 0.341 e. The number of benzene rings is 1. The van der Waals surface area contributed by atoms with Crippen LogP contribution in [0.2, 0.25) is 0 Å². The predicted molar refractivity (Wildman–Crippen MR) is 102 cm³/mol. The Balaban J connectivity index is 1.80. The molecule has 3 rings (SSSR count). The molecule has 0 unspecified atom stereocenters. The van der Waals surface area contributed by atoms with Crippen LogP contribution >= 0.6 is 11.3 Å². The average molecular weight is 373 g/mol. The Morgan fingerprint density at radius 1 is 1.27 bits per heavy atom. The molecule has 0 spiro atoms. The molecule has 0 bridgehead atoms. The highest BCUT2D eigenvalue weighted by atomic mass is 32.1. The topological polar surface area (TPSA) is 64.6 Å². The molecule has 0 saturated heterocycles. The number of methoxy groups -OCH3 is 1. The van der Waals surface area contributed by atoms with E-state index in [9.17, 15) is 9.59 Å². The number of fused-ring (bicyclic) bond motifs is 1. The SMILES string of the molecule is COC(=O)c1c(NC(=O)c2cccc(OCC(C)C)c2)sc2c1CCC2. The summed E-state index contributed by atoms with van der Waals surface area (Å²) in [5, 5.41) is 3.46. The Kier molecular flexibility index (Phi) is 5.61. The van der Waals surface area contributed by atoms with E-state index < -0.39 is 5.97 Å². The predicted octanol–water partition coefficient (Wildman–Crippen LogP) is 4.31. The Bertz CT molecular complexity index is 825. The molecule has 1 amide bonds. The van der Waals surface area contributed by atoms with Crippen molar-refractivity contribution >= 4 is 28.2 Å². The number of aryl methyl sites for hydroxylation is 1. The van der Waals surface area contributed by atoms with E-state index in [1.807, 2.05) is 6.07 Å². The number of hydrogen-bond donors (Lipinski definition) is 1. The molecule has 2 aromatic rings. The molecule has 6 heteroatoms. The largest absolute Gasteiger partial charge is 0.493 e. The van der Waals surface area contributed by atoms with Crippen LogP contribution in [0.15, 0.2) is 24.3 Å². The van der Waals surface area contributed by atoms with Crippen LogP contribution < -0.4 is 10.1 Å². The number of amides is 1. The number of carbonyl (C=O) groups excluding carboxylic acids is 2. The third kappa shape index (κ3) is 3.90. The molecular weight excluding hydrogens is 350 g/mol. The maximum absolute atomic E-state index is 12.7. The zero-order chi connectivity index (χ0) is 18.7. The first-order valence-electron chi connectivity index (χ1n) is 8.76. The summed E-state index contributed by atoms with van der Waals surface area (Å²) in [7, 11) is 1.36. The highest BCUT2D eigenvalue weighted by Gasteiger charge is 2.28. The number of ether oxygens (including phenoxy) is 2. The number of anilines is 1. The Morgan fingerprint density at radius 2 is 2.08 bits per heavy atom. The first-order chi connectivity index (χ1) is 12.5. The van der Waals surface area contributed by atoms with Gasteiger partial charge in [-0.1, -0.05) is 19.9 Å². The molecule has 1 N–H and O–H groups in total. The van der Waals surface area contributed by atoms with E-state index in [-0.39, 0.29) is 5.91 Å². The summed E-state index contributed by atoms with van der Waals surface area (Å²) in [5.74, 6) is 0.413. The first kappa shape index (κ1) is 18.5. The lowest BCUT2D eigenvalue weighted by Crippen LogP contribution is -2.15. The second kappa shape index (κ2) is 7.91. The van der Waals surface area contributed by atoms with E-state index in [2.05, 4.69) is 19.2 Å². The second-order valence-corrected chi connectivity index (χ2v) is 7.85. The van der Waals surface area contributed by atoms with E-state index in [0.29, 0.717) is 34.4 Å². The van der Waals surface area contributed by atoms with E-state index in [4.69, 9.17) is 9.47 Å². The molecule has 1 aliphatic carbocycles. The van der Waals surface area contributed by atoms with Gasteiger partial charge in [-0.25, -0.2) is 4.79 Å². The molecule has 1 aromatic carbocycles. The van der Waals surface area contributed by atoms with Crippen molar-refractivity contribution in [2.45, 2.75) is 33.1 Å². The molecule has 0 aliphatic heterocycles. The van der Waals surface area contributed by atoms with Gasteiger partial charge in [0, 0.05) is 10.4 Å².